The van der Waals surface area contributed by atoms with E-state index >= 15 is 0 Å². The lowest BCUT2D eigenvalue weighted by Gasteiger charge is -2.24. The van der Waals surface area contributed by atoms with Crippen molar-refractivity contribution in [1.82, 2.24) is 10.2 Å². The van der Waals surface area contributed by atoms with Gasteiger partial charge in [0.1, 0.15) is 0 Å². The summed E-state index contributed by atoms with van der Waals surface area (Å²) in [6.45, 7) is 4.80. The molecule has 0 bridgehead atoms. The maximum absolute atomic E-state index is 12.7. The van der Waals surface area contributed by atoms with Gasteiger partial charge in [-0.25, -0.2) is 10.2 Å². The van der Waals surface area contributed by atoms with Crippen LogP contribution in [0.1, 0.15) is 31.9 Å². The smallest absolute Gasteiger partial charge is 0.298 e. The van der Waals surface area contributed by atoms with Gasteiger partial charge in [-0.3, -0.25) is 19.2 Å². The third-order valence-corrected chi connectivity index (χ3v) is 5.15. The fourth-order valence-corrected chi connectivity index (χ4v) is 3.99. The van der Waals surface area contributed by atoms with Crippen LogP contribution in [-0.4, -0.2) is 23.3 Å². The van der Waals surface area contributed by atoms with Gasteiger partial charge in [-0.2, -0.15) is 0 Å². The fourth-order valence-electron chi connectivity index (χ4n) is 1.73. The summed E-state index contributed by atoms with van der Waals surface area (Å²) in [5, 5.41) is 17.1. The van der Waals surface area contributed by atoms with Crippen molar-refractivity contribution in [3.63, 3.8) is 0 Å². The first-order valence-electron chi connectivity index (χ1n) is 7.01. The van der Waals surface area contributed by atoms with Crippen molar-refractivity contribution in [1.29, 1.82) is 0 Å². The van der Waals surface area contributed by atoms with Gasteiger partial charge in [0.15, 0.2) is 0 Å². The van der Waals surface area contributed by atoms with Gasteiger partial charge in [0.25, 0.3) is 5.69 Å². The number of nitrogens with zero attached hydrogens (tertiary/aromatic N) is 1. The second-order valence-corrected chi connectivity index (χ2v) is 7.39. The zero-order valence-electron chi connectivity index (χ0n) is 12.6. The molecule has 0 aliphatic carbocycles. The Balaban J connectivity index is 2.78. The number of alkyl halides is 1. The first kappa shape index (κ1) is 19.3. The lowest BCUT2D eigenvalue weighted by Crippen LogP contribution is -2.27. The number of hydrogen-bond acceptors (Lipinski definition) is 4. The highest BCUT2D eigenvalue weighted by Crippen LogP contribution is 2.43. The molecule has 2 atom stereocenters. The molecule has 0 spiro atoms. The highest BCUT2D eigenvalue weighted by atomic mass is 79.9. The number of nitrogens with one attached hydrogen (secondary N) is 2. The molecule has 0 radical (unpaired) electrons. The van der Waals surface area contributed by atoms with Crippen molar-refractivity contribution in [2.45, 2.75) is 26.4 Å². The van der Waals surface area contributed by atoms with Gasteiger partial charge in [-0.1, -0.05) is 22.9 Å². The number of nitro groups is 1. The van der Waals surface area contributed by atoms with E-state index in [1.165, 1.54) is 12.1 Å². The minimum Gasteiger partial charge on any atom is -0.298 e. The Hall–Kier alpha value is -0.790. The van der Waals surface area contributed by atoms with E-state index < -0.39 is 18.7 Å². The number of halogens is 1. The predicted molar refractivity (Wildman–Crippen MR) is 90.3 cm³/mol. The Kier molecular flexibility index (Phi) is 8.20. The fraction of sp³-hybridized carbons (Fsp3) is 0.538. The summed E-state index contributed by atoms with van der Waals surface area (Å²) in [5.74, 6) is 0. The lowest BCUT2D eigenvalue weighted by molar-refractivity contribution is -0.384. The van der Waals surface area contributed by atoms with Crippen molar-refractivity contribution in [2.75, 3.05) is 18.4 Å². The molecule has 0 saturated heterocycles. The molecule has 0 aliphatic rings. The van der Waals surface area contributed by atoms with E-state index in [2.05, 4.69) is 26.1 Å². The van der Waals surface area contributed by atoms with Crippen molar-refractivity contribution >= 4 is 29.3 Å². The van der Waals surface area contributed by atoms with E-state index in [1.807, 2.05) is 6.92 Å². The van der Waals surface area contributed by atoms with Crippen LogP contribution in [0.4, 0.5) is 5.69 Å². The van der Waals surface area contributed by atoms with Crippen LogP contribution >= 0.6 is 23.6 Å². The summed E-state index contributed by atoms with van der Waals surface area (Å²) in [5.41, 5.74) is 0.741. The zero-order chi connectivity index (χ0) is 16.6. The molecule has 0 aromatic heterocycles. The van der Waals surface area contributed by atoms with E-state index in [4.69, 9.17) is 4.52 Å². The Labute approximate surface area is 138 Å². The third-order valence-electron chi connectivity index (χ3n) is 2.86. The maximum Gasteiger partial charge on any atom is 0.341 e. The van der Waals surface area contributed by atoms with E-state index in [9.17, 15) is 14.7 Å². The van der Waals surface area contributed by atoms with Gasteiger partial charge >= 0.3 is 7.67 Å². The molecular weight excluding hydrogens is 373 g/mol. The van der Waals surface area contributed by atoms with E-state index in [0.29, 0.717) is 18.4 Å². The molecule has 124 valence electrons. The molecule has 0 saturated carbocycles. The average Bonchev–Trinajstić information content (AvgIpc) is 2.51. The van der Waals surface area contributed by atoms with Gasteiger partial charge in [0.05, 0.1) is 11.0 Å². The molecule has 1 aromatic rings. The molecular formula is C13H21BrN3O4P. The number of nitro benzene ring substituents is 1. The van der Waals surface area contributed by atoms with Crippen LogP contribution in [0.5, 0.6) is 0 Å². The van der Waals surface area contributed by atoms with Crippen LogP contribution < -0.4 is 10.2 Å². The van der Waals surface area contributed by atoms with E-state index in [1.54, 1.807) is 19.1 Å². The molecule has 9 heteroatoms. The van der Waals surface area contributed by atoms with Crippen LogP contribution in [-0.2, 0) is 9.09 Å². The van der Waals surface area contributed by atoms with Crippen LogP contribution in [0.15, 0.2) is 24.3 Å². The van der Waals surface area contributed by atoms with Crippen LogP contribution in [0.25, 0.3) is 0 Å². The van der Waals surface area contributed by atoms with Crippen molar-refractivity contribution in [2.24, 2.45) is 0 Å². The molecule has 0 heterocycles. The molecule has 7 nitrogen and oxygen atoms in total. The minimum atomic E-state index is -3.17. The summed E-state index contributed by atoms with van der Waals surface area (Å²) in [4.78, 5) is 10.2. The Bertz CT molecular complexity index is 515. The topological polar surface area (TPSA) is 93.5 Å². The van der Waals surface area contributed by atoms with E-state index in [0.717, 1.165) is 12.0 Å². The lowest BCUT2D eigenvalue weighted by atomic mass is 10.1. The highest BCUT2D eigenvalue weighted by Gasteiger charge is 2.25. The zero-order valence-corrected chi connectivity index (χ0v) is 15.1. The normalized spacial score (nSPS) is 15.2. The first-order chi connectivity index (χ1) is 10.4. The Morgan fingerprint density at radius 3 is 2.41 bits per heavy atom. The number of hydrogen-bond donors (Lipinski definition) is 2. The number of non-ortho nitro benzene ring substituents is 1. The second-order valence-electron chi connectivity index (χ2n) is 4.65. The molecule has 2 unspecified atom stereocenters. The first-order valence-corrected chi connectivity index (χ1v) is 9.75. The minimum absolute atomic E-state index is 0.0145. The number of rotatable bonds is 10. The average molecular weight is 394 g/mol. The summed E-state index contributed by atoms with van der Waals surface area (Å²) in [6, 6.07) is 6.03. The Morgan fingerprint density at radius 2 is 1.91 bits per heavy atom. The molecule has 1 aromatic carbocycles. The van der Waals surface area contributed by atoms with Gasteiger partial charge < -0.3 is 0 Å². The van der Waals surface area contributed by atoms with Gasteiger partial charge in [-0.05, 0) is 31.0 Å². The van der Waals surface area contributed by atoms with Crippen molar-refractivity contribution in [3.05, 3.63) is 39.9 Å². The monoisotopic (exact) mass is 393 g/mol. The van der Waals surface area contributed by atoms with Gasteiger partial charge in [0, 0.05) is 30.6 Å². The summed E-state index contributed by atoms with van der Waals surface area (Å²) < 4.78 is 18.4. The van der Waals surface area contributed by atoms with Gasteiger partial charge in [-0.15, -0.1) is 0 Å². The molecule has 0 amide bonds. The van der Waals surface area contributed by atoms with Gasteiger partial charge in [0.2, 0.25) is 0 Å². The maximum atomic E-state index is 12.7. The summed E-state index contributed by atoms with van der Waals surface area (Å²) in [7, 11) is -3.17. The number of benzene rings is 1. The third kappa shape index (κ3) is 6.14. The van der Waals surface area contributed by atoms with Crippen LogP contribution in [0.3, 0.4) is 0 Å². The molecule has 2 N–H and O–H groups in total. The second kappa shape index (κ2) is 9.37. The quantitative estimate of drug-likeness (QED) is 0.272. The van der Waals surface area contributed by atoms with Crippen molar-refractivity contribution < 1.29 is 14.0 Å². The molecule has 22 heavy (non-hydrogen) atoms. The highest BCUT2D eigenvalue weighted by molar-refractivity contribution is 9.09. The summed E-state index contributed by atoms with van der Waals surface area (Å²) >= 11 is 3.27. The van der Waals surface area contributed by atoms with Crippen molar-refractivity contribution in [3.8, 4) is 0 Å². The summed E-state index contributed by atoms with van der Waals surface area (Å²) in [6.07, 6.45) is 0.369. The predicted octanol–water partition coefficient (Wildman–Crippen LogP) is 3.76. The van der Waals surface area contributed by atoms with Crippen LogP contribution in [0.2, 0.25) is 0 Å². The SMILES string of the molecule is CCCNP(=O)(NCCBr)OC(C)c1ccc([N+](=O)[O-])cc1. The van der Waals surface area contributed by atoms with E-state index in [-0.39, 0.29) is 5.69 Å². The largest absolute Gasteiger partial charge is 0.341 e. The molecule has 0 aliphatic heterocycles. The molecule has 0 fully saturated rings. The molecule has 1 rings (SSSR count). The van der Waals surface area contributed by atoms with Crippen LogP contribution in [0, 0.1) is 10.1 Å². The Morgan fingerprint density at radius 1 is 1.32 bits per heavy atom. The standard InChI is InChI=1S/C13H21BrN3O4P/c1-3-9-15-22(20,16-10-8-14)21-11(2)12-4-6-13(7-5-12)17(18)19/h4-7,11H,3,8-10H2,1-2H3,(H2,15,16,20).